The average Bonchev–Trinajstić information content (AvgIpc) is 3.02. The van der Waals surface area contributed by atoms with Crippen molar-refractivity contribution in [3.63, 3.8) is 0 Å². The molecule has 4 nitrogen and oxygen atoms in total. The zero-order valence-corrected chi connectivity index (χ0v) is 12.6. The third kappa shape index (κ3) is 3.70. The maximum atomic E-state index is 11.7. The van der Waals surface area contributed by atoms with E-state index in [2.05, 4.69) is 19.2 Å². The average molecular weight is 292 g/mol. The van der Waals surface area contributed by atoms with E-state index in [1.54, 1.807) is 12.1 Å². The Kier molecular flexibility index (Phi) is 4.28. The number of hydrogen-bond acceptors (Lipinski definition) is 3. The highest BCUT2D eigenvalue weighted by atomic mass is 32.1. The number of amides is 1. The third-order valence-electron chi connectivity index (χ3n) is 3.77. The van der Waals surface area contributed by atoms with E-state index in [9.17, 15) is 4.79 Å². The maximum absolute atomic E-state index is 11.7. The van der Waals surface area contributed by atoms with Crippen LogP contribution in [-0.2, 0) is 4.79 Å². The van der Waals surface area contributed by atoms with Crippen molar-refractivity contribution in [2.45, 2.75) is 20.3 Å². The van der Waals surface area contributed by atoms with Gasteiger partial charge in [-0.2, -0.15) is 0 Å². The number of thiocarbonyl (C=S) groups is 1. The molecule has 108 valence electrons. The first kappa shape index (κ1) is 14.8. The third-order valence-corrected chi connectivity index (χ3v) is 3.99. The van der Waals surface area contributed by atoms with Crippen LogP contribution in [0.5, 0.6) is 5.75 Å². The smallest absolute Gasteiger partial charge is 0.257 e. The van der Waals surface area contributed by atoms with E-state index in [-0.39, 0.29) is 17.5 Å². The number of nitrogens with two attached hydrogens (primary N) is 1. The van der Waals surface area contributed by atoms with E-state index in [0.717, 1.165) is 0 Å². The molecule has 0 radical (unpaired) electrons. The lowest BCUT2D eigenvalue weighted by Gasteiger charge is -2.11. The Morgan fingerprint density at radius 3 is 2.75 bits per heavy atom. The van der Waals surface area contributed by atoms with Crippen LogP contribution in [0.1, 0.15) is 25.8 Å². The lowest BCUT2D eigenvalue weighted by molar-refractivity contribution is -0.123. The molecule has 3 N–H and O–H groups in total. The molecule has 0 bridgehead atoms. The first-order valence-corrected chi connectivity index (χ1v) is 7.09. The molecule has 1 aromatic carbocycles. The normalized spacial score (nSPS) is 19.2. The number of benzene rings is 1. The molecule has 1 unspecified atom stereocenters. The Labute approximate surface area is 124 Å². The van der Waals surface area contributed by atoms with Crippen LogP contribution in [0.25, 0.3) is 0 Å². The summed E-state index contributed by atoms with van der Waals surface area (Å²) < 4.78 is 5.49. The van der Waals surface area contributed by atoms with Crippen LogP contribution in [0.3, 0.4) is 0 Å². The molecule has 1 amide bonds. The second-order valence-corrected chi connectivity index (χ2v) is 6.28. The predicted molar refractivity (Wildman–Crippen MR) is 82.7 cm³/mol. The lowest BCUT2D eigenvalue weighted by Crippen LogP contribution is -2.31. The highest BCUT2D eigenvalue weighted by Gasteiger charge is 2.45. The van der Waals surface area contributed by atoms with E-state index < -0.39 is 0 Å². The van der Waals surface area contributed by atoms with Gasteiger partial charge in [0.1, 0.15) is 10.7 Å². The second kappa shape index (κ2) is 5.79. The Morgan fingerprint density at radius 2 is 2.15 bits per heavy atom. The van der Waals surface area contributed by atoms with E-state index >= 15 is 0 Å². The standard InChI is InChI=1S/C15H20N2O2S/c1-15(2)7-10(15)8-17-13(18)9-19-12-6-4-3-5-11(12)14(16)20/h3-6,10H,7-9H2,1-2H3,(H2,16,20)(H,17,18). The summed E-state index contributed by atoms with van der Waals surface area (Å²) >= 11 is 4.95. The first-order valence-electron chi connectivity index (χ1n) is 6.68. The molecule has 1 atom stereocenters. The van der Waals surface area contributed by atoms with Crippen molar-refractivity contribution < 1.29 is 9.53 Å². The van der Waals surface area contributed by atoms with E-state index in [4.69, 9.17) is 22.7 Å². The van der Waals surface area contributed by atoms with Gasteiger partial charge in [-0.1, -0.05) is 38.2 Å². The molecule has 1 saturated carbocycles. The Bertz CT molecular complexity index is 528. The van der Waals surface area contributed by atoms with Crippen molar-refractivity contribution in [3.05, 3.63) is 29.8 Å². The number of hydrogen-bond donors (Lipinski definition) is 2. The van der Waals surface area contributed by atoms with Crippen molar-refractivity contribution in [1.29, 1.82) is 0 Å². The summed E-state index contributed by atoms with van der Waals surface area (Å²) in [5.74, 6) is 1.00. The van der Waals surface area contributed by atoms with Gasteiger partial charge in [0.25, 0.3) is 5.91 Å². The van der Waals surface area contributed by atoms with Crippen molar-refractivity contribution in [2.24, 2.45) is 17.1 Å². The fourth-order valence-corrected chi connectivity index (χ4v) is 2.32. The van der Waals surface area contributed by atoms with Gasteiger partial charge >= 0.3 is 0 Å². The molecule has 20 heavy (non-hydrogen) atoms. The molecule has 5 heteroatoms. The first-order chi connectivity index (χ1) is 9.40. The van der Waals surface area contributed by atoms with Crippen LogP contribution in [0.15, 0.2) is 24.3 Å². The highest BCUT2D eigenvalue weighted by Crippen LogP contribution is 2.50. The summed E-state index contributed by atoms with van der Waals surface area (Å²) in [6, 6.07) is 7.19. The summed E-state index contributed by atoms with van der Waals surface area (Å²) in [5.41, 5.74) is 6.63. The van der Waals surface area contributed by atoms with Gasteiger partial charge in [0.15, 0.2) is 6.61 Å². The number of carbonyl (C=O) groups is 1. The molecule has 0 heterocycles. The zero-order chi connectivity index (χ0) is 14.8. The fourth-order valence-electron chi connectivity index (χ4n) is 2.15. The topological polar surface area (TPSA) is 64.3 Å². The van der Waals surface area contributed by atoms with E-state index in [1.807, 2.05) is 12.1 Å². The SMILES string of the molecule is CC1(C)CC1CNC(=O)COc1ccccc1C(N)=S. The number of rotatable bonds is 6. The molecule has 1 aliphatic rings. The largest absolute Gasteiger partial charge is 0.483 e. The highest BCUT2D eigenvalue weighted by molar-refractivity contribution is 7.80. The maximum Gasteiger partial charge on any atom is 0.257 e. The zero-order valence-electron chi connectivity index (χ0n) is 11.8. The van der Waals surface area contributed by atoms with Crippen molar-refractivity contribution in [3.8, 4) is 5.75 Å². The molecule has 0 aliphatic heterocycles. The Hall–Kier alpha value is -1.62. The van der Waals surface area contributed by atoms with E-state index in [0.29, 0.717) is 29.2 Å². The molecule has 1 aromatic rings. The summed E-state index contributed by atoms with van der Waals surface area (Å²) in [7, 11) is 0. The molecule has 0 spiro atoms. The van der Waals surface area contributed by atoms with Gasteiger partial charge < -0.3 is 15.8 Å². The second-order valence-electron chi connectivity index (χ2n) is 5.84. The molecular weight excluding hydrogens is 272 g/mol. The molecule has 0 saturated heterocycles. The summed E-state index contributed by atoms with van der Waals surface area (Å²) in [5, 5.41) is 2.89. The summed E-state index contributed by atoms with van der Waals surface area (Å²) in [4.78, 5) is 12.0. The van der Waals surface area contributed by atoms with Crippen molar-refractivity contribution in [1.82, 2.24) is 5.32 Å². The van der Waals surface area contributed by atoms with Gasteiger partial charge in [-0.15, -0.1) is 0 Å². The minimum atomic E-state index is -0.120. The monoisotopic (exact) mass is 292 g/mol. The van der Waals surface area contributed by atoms with Gasteiger partial charge in [-0.25, -0.2) is 0 Å². The predicted octanol–water partition coefficient (Wildman–Crippen LogP) is 1.86. The van der Waals surface area contributed by atoms with Gasteiger partial charge in [-0.05, 0) is 29.9 Å². The molecular formula is C15H20N2O2S. The van der Waals surface area contributed by atoms with Gasteiger partial charge in [0.2, 0.25) is 0 Å². The van der Waals surface area contributed by atoms with Crippen LogP contribution in [0, 0.1) is 11.3 Å². The fraction of sp³-hybridized carbons (Fsp3) is 0.467. The molecule has 0 aromatic heterocycles. The molecule has 1 fully saturated rings. The summed E-state index contributed by atoms with van der Waals surface area (Å²) in [6.07, 6.45) is 1.17. The van der Waals surface area contributed by atoms with Crippen LogP contribution in [0.4, 0.5) is 0 Å². The van der Waals surface area contributed by atoms with Crippen molar-refractivity contribution in [2.75, 3.05) is 13.2 Å². The van der Waals surface area contributed by atoms with E-state index in [1.165, 1.54) is 6.42 Å². The van der Waals surface area contributed by atoms with Gasteiger partial charge in [0.05, 0.1) is 5.56 Å². The minimum Gasteiger partial charge on any atom is -0.483 e. The number of carbonyl (C=O) groups excluding carboxylic acids is 1. The molecule has 1 aliphatic carbocycles. The van der Waals surface area contributed by atoms with Gasteiger partial charge in [0, 0.05) is 6.54 Å². The summed E-state index contributed by atoms with van der Waals surface area (Å²) in [6.45, 7) is 5.11. The number of nitrogens with one attached hydrogen (secondary N) is 1. The lowest BCUT2D eigenvalue weighted by atomic mass is 10.1. The number of para-hydroxylation sites is 1. The Morgan fingerprint density at radius 1 is 1.50 bits per heavy atom. The van der Waals surface area contributed by atoms with Gasteiger partial charge in [-0.3, -0.25) is 4.79 Å². The van der Waals surface area contributed by atoms with Crippen LogP contribution < -0.4 is 15.8 Å². The minimum absolute atomic E-state index is 0.0211. The van der Waals surface area contributed by atoms with Crippen LogP contribution in [0.2, 0.25) is 0 Å². The quantitative estimate of drug-likeness (QED) is 0.786. The number of ether oxygens (including phenoxy) is 1. The molecule has 2 rings (SSSR count). The Balaban J connectivity index is 1.80. The van der Waals surface area contributed by atoms with Crippen LogP contribution in [-0.4, -0.2) is 24.0 Å². The van der Waals surface area contributed by atoms with Crippen molar-refractivity contribution >= 4 is 23.1 Å². The van der Waals surface area contributed by atoms with Crippen LogP contribution >= 0.6 is 12.2 Å².